The van der Waals surface area contributed by atoms with Crippen LogP contribution >= 0.6 is 0 Å². The van der Waals surface area contributed by atoms with Crippen molar-refractivity contribution in [3.8, 4) is 0 Å². The maximum Gasteiger partial charge on any atom is 1.00 e. The standard InChI is InChI=1S/2C11H13NO4/c2*13-9(6-10(14)15)7-12-11(16)8-4-2-1-3-5-8/h2*1-5,9,13H,6-7H2,(H,12,16)(H,14,15)/t2*9-/m11/s1. The normalized spacial score (nSPS) is 11.8. The summed E-state index contributed by atoms with van der Waals surface area (Å²) in [4.78, 5) is 43.2. The van der Waals surface area contributed by atoms with E-state index in [2.05, 4.69) is 10.6 Å². The van der Waals surface area contributed by atoms with Gasteiger partial charge in [0.05, 0.1) is 12.2 Å². The number of carboxylic acid groups (broad SMARTS) is 2. The van der Waals surface area contributed by atoms with E-state index in [1.54, 1.807) is 60.7 Å². The highest BCUT2D eigenvalue weighted by Gasteiger charge is 2.09. The molecule has 0 saturated heterocycles. The van der Waals surface area contributed by atoms with Crippen molar-refractivity contribution >= 4 is 23.8 Å². The summed E-state index contributed by atoms with van der Waals surface area (Å²) in [6, 6.07) is 16.9. The Morgan fingerprint density at radius 3 is 1.28 bits per heavy atom. The van der Waals surface area contributed by atoms with Gasteiger partial charge in [-0.25, -0.2) is 0 Å². The molecule has 0 aliphatic heterocycles. The highest BCUT2D eigenvalue weighted by molar-refractivity contribution is 5.94. The molecule has 2 amide bonds. The van der Waals surface area contributed by atoms with Crippen molar-refractivity contribution in [2.75, 3.05) is 13.1 Å². The molecular formula is C22H26N2O8. The van der Waals surface area contributed by atoms with Gasteiger partial charge in [0.15, 0.2) is 0 Å². The zero-order valence-corrected chi connectivity index (χ0v) is 17.1. The molecule has 2 rings (SSSR count). The van der Waals surface area contributed by atoms with Gasteiger partial charge >= 0.3 is 2.85 Å². The first-order valence-corrected chi connectivity index (χ1v) is 9.61. The predicted octanol–water partition coefficient (Wildman–Crippen LogP) is -1.94. The van der Waals surface area contributed by atoms with Crippen molar-refractivity contribution in [2.24, 2.45) is 0 Å². The minimum absolute atomic E-state index is 0. The number of benzene rings is 2. The minimum Gasteiger partial charge on any atom is -0.550 e. The Bertz CT molecular complexity index is 811. The fraction of sp³-hybridized carbons (Fsp3) is 0.273. The Morgan fingerprint density at radius 1 is 0.688 bits per heavy atom. The van der Waals surface area contributed by atoms with Gasteiger partial charge in [-0.1, -0.05) is 36.4 Å². The molecule has 0 aliphatic rings. The highest BCUT2D eigenvalue weighted by Crippen LogP contribution is 1.99. The van der Waals surface area contributed by atoms with Gasteiger partial charge in [0.2, 0.25) is 0 Å². The van der Waals surface area contributed by atoms with Gasteiger partial charge in [-0.3, -0.25) is 9.59 Å². The van der Waals surface area contributed by atoms with Gasteiger partial charge in [0, 0.05) is 49.0 Å². The molecular weight excluding hydrogens is 420 g/mol. The number of aliphatic carboxylic acids is 2. The molecule has 0 saturated carbocycles. The molecule has 10 heteroatoms. The lowest BCUT2D eigenvalue weighted by Gasteiger charge is -2.12. The van der Waals surface area contributed by atoms with Crippen molar-refractivity contribution < 1.29 is 42.5 Å². The summed E-state index contributed by atoms with van der Waals surface area (Å²) in [6.07, 6.45) is -3.24. The molecule has 10 nitrogen and oxygen atoms in total. The van der Waals surface area contributed by atoms with Gasteiger partial charge in [0.25, 0.3) is 11.8 Å². The number of carboxylic acids is 2. The summed E-state index contributed by atoms with van der Waals surface area (Å²) in [6.45, 7) is -0.219. The molecule has 0 aromatic heterocycles. The first-order valence-electron chi connectivity index (χ1n) is 9.61. The molecule has 0 unspecified atom stereocenters. The summed E-state index contributed by atoms with van der Waals surface area (Å²) >= 11 is 0. The quantitative estimate of drug-likeness (QED) is 0.325. The van der Waals surface area contributed by atoms with Crippen LogP contribution in [0.2, 0.25) is 0 Å². The fourth-order valence-corrected chi connectivity index (χ4v) is 2.33. The monoisotopic (exact) mass is 446 g/mol. The molecule has 0 bridgehead atoms. The van der Waals surface area contributed by atoms with Crippen LogP contribution in [0.1, 0.15) is 36.4 Å². The fourth-order valence-electron chi connectivity index (χ4n) is 2.33. The number of nitrogens with one attached hydrogen (secondary N) is 2. The van der Waals surface area contributed by atoms with Crippen molar-refractivity contribution in [1.29, 1.82) is 0 Å². The van der Waals surface area contributed by atoms with Crippen molar-refractivity contribution in [3.63, 3.8) is 0 Å². The van der Waals surface area contributed by atoms with Crippen LogP contribution in [-0.4, -0.2) is 59.3 Å². The van der Waals surface area contributed by atoms with Crippen LogP contribution in [-0.2, 0) is 9.59 Å². The van der Waals surface area contributed by atoms with Crippen molar-refractivity contribution in [2.45, 2.75) is 25.0 Å². The van der Waals surface area contributed by atoms with Gasteiger partial charge in [-0.2, -0.15) is 0 Å². The minimum atomic E-state index is -1.35. The second-order valence-electron chi connectivity index (χ2n) is 6.61. The van der Waals surface area contributed by atoms with E-state index in [-0.39, 0.29) is 27.8 Å². The zero-order chi connectivity index (χ0) is 23.9. The lowest BCUT2D eigenvalue weighted by atomic mass is 10.2. The van der Waals surface area contributed by atoms with Crippen LogP contribution < -0.4 is 20.8 Å². The van der Waals surface area contributed by atoms with E-state index < -0.39 is 37.0 Å². The summed E-state index contributed by atoms with van der Waals surface area (Å²) in [5.41, 5.74) is 0.923. The number of aliphatic hydroxyl groups is 2. The second kappa shape index (κ2) is 14.3. The van der Waals surface area contributed by atoms with E-state index in [4.69, 9.17) is 0 Å². The molecule has 2 aromatic carbocycles. The Kier molecular flexibility index (Phi) is 11.7. The molecule has 32 heavy (non-hydrogen) atoms. The molecule has 2 aromatic rings. The smallest absolute Gasteiger partial charge is 0.550 e. The number of hydrogen-bond acceptors (Lipinski definition) is 8. The van der Waals surface area contributed by atoms with Crippen LogP contribution in [0, 0.1) is 0 Å². The molecule has 0 spiro atoms. The topological polar surface area (TPSA) is 179 Å². The number of carbonyl (C=O) groups excluding carboxylic acids is 4. The third-order valence-corrected chi connectivity index (χ3v) is 3.87. The lowest BCUT2D eigenvalue weighted by molar-refractivity contribution is -0.308. The number of amides is 2. The van der Waals surface area contributed by atoms with Crippen LogP contribution in [0.4, 0.5) is 0 Å². The largest absolute Gasteiger partial charge is 1.00 e. The number of carbonyl (C=O) groups is 4. The molecule has 172 valence electrons. The third-order valence-electron chi connectivity index (χ3n) is 3.87. The molecule has 0 heterocycles. The highest BCUT2D eigenvalue weighted by atomic mass is 16.4. The lowest BCUT2D eigenvalue weighted by Crippen LogP contribution is -2.36. The SMILES string of the molecule is O=C([O-])C[C@@H](O)CNC(=O)c1ccccc1.O=C([O-])C[C@@H](O)CNC(=O)c1ccccc1.[H+].[H+]. The average molecular weight is 446 g/mol. The van der Waals surface area contributed by atoms with E-state index in [0.717, 1.165) is 0 Å². The van der Waals surface area contributed by atoms with Crippen LogP contribution in [0.15, 0.2) is 60.7 Å². The maximum atomic E-state index is 11.4. The molecule has 0 fully saturated rings. The van der Waals surface area contributed by atoms with E-state index in [1.807, 2.05) is 0 Å². The number of aliphatic hydroxyl groups excluding tert-OH is 2. The molecule has 2 atom stereocenters. The van der Waals surface area contributed by atoms with E-state index in [1.165, 1.54) is 0 Å². The maximum absolute atomic E-state index is 11.4. The Balaban J connectivity index is 0. The molecule has 4 N–H and O–H groups in total. The summed E-state index contributed by atoms with van der Waals surface area (Å²) in [5, 5.41) is 43.5. The summed E-state index contributed by atoms with van der Waals surface area (Å²) in [5.74, 6) is -3.39. The predicted molar refractivity (Wildman–Crippen MR) is 111 cm³/mol. The molecule has 0 aliphatic carbocycles. The van der Waals surface area contributed by atoms with Crippen LogP contribution in [0.25, 0.3) is 0 Å². The van der Waals surface area contributed by atoms with E-state index in [0.29, 0.717) is 11.1 Å². The van der Waals surface area contributed by atoms with Gasteiger partial charge in [-0.05, 0) is 24.3 Å². The van der Waals surface area contributed by atoms with Crippen LogP contribution in [0.3, 0.4) is 0 Å². The summed E-state index contributed by atoms with van der Waals surface area (Å²) in [7, 11) is 0. The first-order chi connectivity index (χ1) is 15.2. The Hall–Kier alpha value is -3.76. The third kappa shape index (κ3) is 11.4. The van der Waals surface area contributed by atoms with Crippen molar-refractivity contribution in [1.82, 2.24) is 10.6 Å². The Labute approximate surface area is 187 Å². The Morgan fingerprint density at radius 2 is 1.00 bits per heavy atom. The average Bonchev–Trinajstić information content (AvgIpc) is 2.76. The molecule has 0 radical (unpaired) electrons. The first kappa shape index (κ1) is 26.3. The second-order valence-corrected chi connectivity index (χ2v) is 6.61. The number of hydrogen-bond donors (Lipinski definition) is 4. The van der Waals surface area contributed by atoms with E-state index >= 15 is 0 Å². The van der Waals surface area contributed by atoms with Gasteiger partial charge < -0.3 is 40.6 Å². The zero-order valence-electron chi connectivity index (χ0n) is 19.1. The van der Waals surface area contributed by atoms with Gasteiger partial charge in [0.1, 0.15) is 0 Å². The van der Waals surface area contributed by atoms with Crippen LogP contribution in [0.5, 0.6) is 0 Å². The van der Waals surface area contributed by atoms with E-state index in [9.17, 15) is 39.6 Å². The summed E-state index contributed by atoms with van der Waals surface area (Å²) < 4.78 is 0. The van der Waals surface area contributed by atoms with Gasteiger partial charge in [-0.15, -0.1) is 0 Å². The number of rotatable bonds is 10. The van der Waals surface area contributed by atoms with Crippen molar-refractivity contribution in [3.05, 3.63) is 71.8 Å².